The number of hydrogen-bond acceptors (Lipinski definition) is 2. The molecule has 0 saturated carbocycles. The molecular formula is C18H17NO. The second kappa shape index (κ2) is 4.97. The first-order valence-electron chi connectivity index (χ1n) is 6.75. The van der Waals surface area contributed by atoms with Gasteiger partial charge in [0.1, 0.15) is 5.69 Å². The molecular weight excluding hydrogens is 246 g/mol. The zero-order chi connectivity index (χ0) is 14.1. The molecule has 2 aromatic carbocycles. The number of aryl methyl sites for hydroxylation is 3. The summed E-state index contributed by atoms with van der Waals surface area (Å²) in [7, 11) is 0. The fraction of sp³-hybridized carbons (Fsp3) is 0.167. The van der Waals surface area contributed by atoms with Gasteiger partial charge in [-0.05, 0) is 31.9 Å². The zero-order valence-corrected chi connectivity index (χ0v) is 12.0. The van der Waals surface area contributed by atoms with Gasteiger partial charge in [-0.25, -0.2) is 0 Å². The molecule has 0 radical (unpaired) electrons. The first-order valence-corrected chi connectivity index (χ1v) is 6.75. The standard InChI is InChI=1S/C18H17NO/c1-12-9-13(2)18(14(3)10-12)17-11-16(19-20-17)15-7-5-4-6-8-15/h4-11H,1-3H3. The van der Waals surface area contributed by atoms with E-state index in [2.05, 4.69) is 38.1 Å². The van der Waals surface area contributed by atoms with Crippen molar-refractivity contribution in [2.45, 2.75) is 20.8 Å². The minimum Gasteiger partial charge on any atom is -0.356 e. The number of nitrogens with zero attached hydrogens (tertiary/aromatic N) is 1. The quantitative estimate of drug-likeness (QED) is 0.655. The summed E-state index contributed by atoms with van der Waals surface area (Å²) in [6, 6.07) is 16.4. The van der Waals surface area contributed by atoms with Crippen LogP contribution in [0, 0.1) is 20.8 Å². The Labute approximate surface area is 119 Å². The van der Waals surface area contributed by atoms with Gasteiger partial charge in [0.15, 0.2) is 5.76 Å². The van der Waals surface area contributed by atoms with Crippen LogP contribution < -0.4 is 0 Å². The highest BCUT2D eigenvalue weighted by Crippen LogP contribution is 2.31. The van der Waals surface area contributed by atoms with Gasteiger partial charge in [-0.3, -0.25) is 0 Å². The first kappa shape index (κ1) is 12.7. The molecule has 0 unspecified atom stereocenters. The minimum absolute atomic E-state index is 0.832. The van der Waals surface area contributed by atoms with Crippen LogP contribution in [0.4, 0.5) is 0 Å². The van der Waals surface area contributed by atoms with Gasteiger partial charge in [-0.15, -0.1) is 0 Å². The lowest BCUT2D eigenvalue weighted by molar-refractivity contribution is 0.434. The topological polar surface area (TPSA) is 26.0 Å². The van der Waals surface area contributed by atoms with Crippen molar-refractivity contribution in [3.63, 3.8) is 0 Å². The number of hydrogen-bond donors (Lipinski definition) is 0. The zero-order valence-electron chi connectivity index (χ0n) is 12.0. The van der Waals surface area contributed by atoms with Gasteiger partial charge in [-0.1, -0.05) is 53.2 Å². The van der Waals surface area contributed by atoms with Crippen LogP contribution in [-0.4, -0.2) is 5.16 Å². The lowest BCUT2D eigenvalue weighted by Crippen LogP contribution is -1.88. The Morgan fingerprint density at radius 3 is 2.15 bits per heavy atom. The van der Waals surface area contributed by atoms with Crippen LogP contribution in [0.5, 0.6) is 0 Å². The Kier molecular flexibility index (Phi) is 3.15. The summed E-state index contributed by atoms with van der Waals surface area (Å²) in [4.78, 5) is 0. The van der Waals surface area contributed by atoms with Crippen molar-refractivity contribution in [3.8, 4) is 22.6 Å². The largest absolute Gasteiger partial charge is 0.356 e. The Morgan fingerprint density at radius 2 is 1.50 bits per heavy atom. The van der Waals surface area contributed by atoms with Crippen LogP contribution in [0.15, 0.2) is 53.1 Å². The van der Waals surface area contributed by atoms with Crippen molar-refractivity contribution in [1.29, 1.82) is 0 Å². The molecule has 0 fully saturated rings. The van der Waals surface area contributed by atoms with Gasteiger partial charge in [-0.2, -0.15) is 0 Å². The number of benzene rings is 2. The molecule has 2 nitrogen and oxygen atoms in total. The van der Waals surface area contributed by atoms with Gasteiger partial charge in [0.05, 0.1) is 0 Å². The van der Waals surface area contributed by atoms with Crippen molar-refractivity contribution in [1.82, 2.24) is 5.16 Å². The summed E-state index contributed by atoms with van der Waals surface area (Å²) < 4.78 is 5.56. The van der Waals surface area contributed by atoms with Crippen LogP contribution >= 0.6 is 0 Å². The molecule has 0 spiro atoms. The lowest BCUT2D eigenvalue weighted by atomic mass is 9.97. The third-order valence-electron chi connectivity index (χ3n) is 3.50. The van der Waals surface area contributed by atoms with Gasteiger partial charge in [0.25, 0.3) is 0 Å². The average Bonchev–Trinajstić information content (AvgIpc) is 2.88. The molecule has 0 N–H and O–H groups in total. The van der Waals surface area contributed by atoms with Crippen molar-refractivity contribution in [2.75, 3.05) is 0 Å². The highest BCUT2D eigenvalue weighted by Gasteiger charge is 2.13. The van der Waals surface area contributed by atoms with E-state index < -0.39 is 0 Å². The third kappa shape index (κ3) is 2.25. The van der Waals surface area contributed by atoms with Crippen LogP contribution in [0.3, 0.4) is 0 Å². The number of aromatic nitrogens is 1. The fourth-order valence-electron chi connectivity index (χ4n) is 2.71. The van der Waals surface area contributed by atoms with Crippen LogP contribution in [0.2, 0.25) is 0 Å². The normalized spacial score (nSPS) is 10.8. The molecule has 0 aliphatic heterocycles. The summed E-state index contributed by atoms with van der Waals surface area (Å²) in [6.07, 6.45) is 0. The average molecular weight is 263 g/mol. The van der Waals surface area contributed by atoms with E-state index >= 15 is 0 Å². The smallest absolute Gasteiger partial charge is 0.168 e. The van der Waals surface area contributed by atoms with Gasteiger partial charge < -0.3 is 4.52 Å². The lowest BCUT2D eigenvalue weighted by Gasteiger charge is -2.07. The molecule has 0 saturated heterocycles. The Hall–Kier alpha value is -2.35. The third-order valence-corrected chi connectivity index (χ3v) is 3.50. The molecule has 0 bridgehead atoms. The van der Waals surface area contributed by atoms with Gasteiger partial charge >= 0.3 is 0 Å². The van der Waals surface area contributed by atoms with E-state index in [-0.39, 0.29) is 0 Å². The summed E-state index contributed by atoms with van der Waals surface area (Å²) in [6.45, 7) is 6.33. The molecule has 100 valence electrons. The van der Waals surface area contributed by atoms with Crippen LogP contribution in [0.25, 0.3) is 22.6 Å². The number of rotatable bonds is 2. The van der Waals surface area contributed by atoms with E-state index in [9.17, 15) is 0 Å². The monoisotopic (exact) mass is 263 g/mol. The van der Waals surface area contributed by atoms with Crippen LogP contribution in [0.1, 0.15) is 16.7 Å². The highest BCUT2D eigenvalue weighted by atomic mass is 16.5. The maximum atomic E-state index is 5.56. The van der Waals surface area contributed by atoms with Crippen LogP contribution in [-0.2, 0) is 0 Å². The van der Waals surface area contributed by atoms with Gasteiger partial charge in [0.2, 0.25) is 0 Å². The summed E-state index contributed by atoms with van der Waals surface area (Å²) in [5, 5.41) is 4.19. The first-order chi connectivity index (χ1) is 9.65. The molecule has 1 heterocycles. The molecule has 2 heteroatoms. The molecule has 0 aliphatic carbocycles. The van der Waals surface area contributed by atoms with E-state index in [1.165, 1.54) is 16.7 Å². The summed E-state index contributed by atoms with van der Waals surface area (Å²) in [5.41, 5.74) is 6.80. The summed E-state index contributed by atoms with van der Waals surface area (Å²) >= 11 is 0. The Bertz CT molecular complexity index is 718. The Morgan fingerprint density at radius 1 is 0.850 bits per heavy atom. The van der Waals surface area contributed by atoms with E-state index in [1.54, 1.807) is 0 Å². The molecule has 20 heavy (non-hydrogen) atoms. The van der Waals surface area contributed by atoms with E-state index in [1.807, 2.05) is 36.4 Å². The highest BCUT2D eigenvalue weighted by molar-refractivity contribution is 5.71. The molecule has 3 rings (SSSR count). The molecule has 1 aromatic heterocycles. The second-order valence-electron chi connectivity index (χ2n) is 5.22. The van der Waals surface area contributed by atoms with E-state index in [0.717, 1.165) is 22.6 Å². The maximum Gasteiger partial charge on any atom is 0.168 e. The second-order valence-corrected chi connectivity index (χ2v) is 5.22. The van der Waals surface area contributed by atoms with E-state index in [4.69, 9.17) is 4.52 Å². The molecule has 0 atom stereocenters. The minimum atomic E-state index is 0.832. The SMILES string of the molecule is Cc1cc(C)c(-c2cc(-c3ccccc3)no2)c(C)c1. The predicted octanol–water partition coefficient (Wildman–Crippen LogP) is 4.93. The molecule has 0 aliphatic rings. The Balaban J connectivity index is 2.07. The van der Waals surface area contributed by atoms with Crippen molar-refractivity contribution in [2.24, 2.45) is 0 Å². The van der Waals surface area contributed by atoms with E-state index in [0.29, 0.717) is 0 Å². The summed E-state index contributed by atoms with van der Waals surface area (Å²) in [5.74, 6) is 0.832. The maximum absolute atomic E-state index is 5.56. The van der Waals surface area contributed by atoms with Crippen molar-refractivity contribution in [3.05, 3.63) is 65.2 Å². The molecule has 0 amide bonds. The molecule has 3 aromatic rings. The fourth-order valence-corrected chi connectivity index (χ4v) is 2.71. The van der Waals surface area contributed by atoms with Crippen molar-refractivity contribution >= 4 is 0 Å². The predicted molar refractivity (Wildman–Crippen MR) is 81.6 cm³/mol. The van der Waals surface area contributed by atoms with Gasteiger partial charge in [0, 0.05) is 17.2 Å². The van der Waals surface area contributed by atoms with Crippen molar-refractivity contribution < 1.29 is 4.52 Å².